The Morgan fingerprint density at radius 1 is 0.824 bits per heavy atom. The third kappa shape index (κ3) is 4.81. The Labute approximate surface area is 199 Å². The van der Waals surface area contributed by atoms with Crippen molar-refractivity contribution >= 4 is 5.97 Å². The van der Waals surface area contributed by atoms with Crippen molar-refractivity contribution in [3.05, 3.63) is 131 Å². The number of hydrogen-bond acceptors (Lipinski definition) is 4. The summed E-state index contributed by atoms with van der Waals surface area (Å²) in [4.78, 5) is 12.3. The van der Waals surface area contributed by atoms with Crippen molar-refractivity contribution in [1.82, 2.24) is 0 Å². The Kier molecular flexibility index (Phi) is 6.30. The van der Waals surface area contributed by atoms with Crippen molar-refractivity contribution < 1.29 is 19.4 Å². The molecule has 34 heavy (non-hydrogen) atoms. The van der Waals surface area contributed by atoms with Crippen molar-refractivity contribution in [2.45, 2.75) is 24.9 Å². The minimum absolute atomic E-state index is 0.0748. The normalized spacial score (nSPS) is 16.8. The van der Waals surface area contributed by atoms with Crippen LogP contribution in [0.1, 0.15) is 39.7 Å². The molecule has 4 aromatic carbocycles. The van der Waals surface area contributed by atoms with E-state index in [1.165, 1.54) is 5.56 Å². The Morgan fingerprint density at radius 3 is 2.26 bits per heavy atom. The van der Waals surface area contributed by atoms with Crippen LogP contribution >= 0.6 is 0 Å². The van der Waals surface area contributed by atoms with E-state index in [9.17, 15) is 9.90 Å². The van der Waals surface area contributed by atoms with Crippen LogP contribution in [0.4, 0.5) is 0 Å². The van der Waals surface area contributed by atoms with Crippen molar-refractivity contribution in [1.29, 1.82) is 0 Å². The lowest BCUT2D eigenvalue weighted by molar-refractivity contribution is -0.144. The second-order valence-electron chi connectivity index (χ2n) is 8.59. The Morgan fingerprint density at radius 2 is 1.53 bits per heavy atom. The molecule has 170 valence electrons. The van der Waals surface area contributed by atoms with Crippen LogP contribution in [0.25, 0.3) is 0 Å². The first-order chi connectivity index (χ1) is 16.7. The van der Waals surface area contributed by atoms with Crippen LogP contribution in [-0.4, -0.2) is 17.7 Å². The number of fused-ring (bicyclic) bond motifs is 1. The second-order valence-corrected chi connectivity index (χ2v) is 8.59. The predicted molar refractivity (Wildman–Crippen MR) is 131 cm³/mol. The number of hydrogen-bond donors (Lipinski definition) is 1. The zero-order valence-electron chi connectivity index (χ0n) is 18.8. The van der Waals surface area contributed by atoms with Crippen LogP contribution in [0, 0.1) is 0 Å². The number of phenolic OH excluding ortho intramolecular Hbond substituents is 1. The summed E-state index contributed by atoms with van der Waals surface area (Å²) in [5, 5.41) is 9.94. The molecule has 0 saturated heterocycles. The molecule has 0 saturated carbocycles. The molecule has 0 spiro atoms. The van der Waals surface area contributed by atoms with Gasteiger partial charge in [-0.3, -0.25) is 4.79 Å². The maximum atomic E-state index is 12.3. The molecule has 4 nitrogen and oxygen atoms in total. The summed E-state index contributed by atoms with van der Waals surface area (Å²) in [5.41, 5.74) is 5.29. The quantitative estimate of drug-likeness (QED) is 0.367. The molecule has 0 aromatic heterocycles. The molecule has 5 rings (SSSR count). The zero-order valence-corrected chi connectivity index (χ0v) is 18.8. The Balaban J connectivity index is 1.36. The first kappa shape index (κ1) is 21.8. The number of carbonyl (C=O) groups excluding carboxylic acids is 1. The summed E-state index contributed by atoms with van der Waals surface area (Å²) in [6.45, 7) is 0.806. The van der Waals surface area contributed by atoms with E-state index in [2.05, 4.69) is 24.3 Å². The van der Waals surface area contributed by atoms with E-state index in [1.807, 2.05) is 66.7 Å². The molecule has 1 heterocycles. The third-order valence-corrected chi connectivity index (χ3v) is 6.31. The fourth-order valence-electron chi connectivity index (χ4n) is 4.60. The van der Waals surface area contributed by atoms with Gasteiger partial charge in [0.05, 0.1) is 13.0 Å². The van der Waals surface area contributed by atoms with Crippen molar-refractivity contribution in [3.63, 3.8) is 0 Å². The lowest BCUT2D eigenvalue weighted by atomic mass is 9.75. The highest BCUT2D eigenvalue weighted by Crippen LogP contribution is 2.46. The monoisotopic (exact) mass is 450 g/mol. The van der Waals surface area contributed by atoms with E-state index in [4.69, 9.17) is 9.47 Å². The number of benzene rings is 4. The minimum atomic E-state index is -0.245. The molecule has 4 aromatic rings. The molecule has 1 aliphatic heterocycles. The van der Waals surface area contributed by atoms with Gasteiger partial charge in [-0.1, -0.05) is 91.0 Å². The fraction of sp³-hybridized carbons (Fsp3) is 0.167. The summed E-state index contributed by atoms with van der Waals surface area (Å²) in [6.07, 6.45) is 0.230. The first-order valence-corrected chi connectivity index (χ1v) is 11.5. The van der Waals surface area contributed by atoms with E-state index in [0.29, 0.717) is 12.4 Å². The molecule has 4 heteroatoms. The van der Waals surface area contributed by atoms with E-state index in [0.717, 1.165) is 22.3 Å². The van der Waals surface area contributed by atoms with Gasteiger partial charge in [0.15, 0.2) is 0 Å². The maximum Gasteiger partial charge on any atom is 0.310 e. The van der Waals surface area contributed by atoms with E-state index < -0.39 is 0 Å². The molecule has 0 amide bonds. The van der Waals surface area contributed by atoms with Gasteiger partial charge in [0.1, 0.15) is 18.1 Å². The standard InChI is InChI=1S/C30H26O4/c31-25-15-16-26-28(18-25)33-20-27(23-9-5-2-6-10-23)30(26)24-13-11-21(12-14-24)17-29(32)34-19-22-7-3-1-4-8-22/h1-16,18,27,30-31H,17,19-20H2/t27-,30?/m1/s1. The van der Waals surface area contributed by atoms with Crippen LogP contribution in [0.5, 0.6) is 11.5 Å². The van der Waals surface area contributed by atoms with Crippen LogP contribution in [0.2, 0.25) is 0 Å². The predicted octanol–water partition coefficient (Wildman–Crippen LogP) is 5.99. The van der Waals surface area contributed by atoms with Gasteiger partial charge < -0.3 is 14.6 Å². The summed E-state index contributed by atoms with van der Waals surface area (Å²) < 4.78 is 11.5. The topological polar surface area (TPSA) is 55.8 Å². The SMILES string of the molecule is O=C(Cc1ccc(C2c3ccc(O)cc3OC[C@@H]2c2ccccc2)cc1)OCc1ccccc1. The molecule has 0 aliphatic carbocycles. The number of esters is 1. The first-order valence-electron chi connectivity index (χ1n) is 11.5. The van der Waals surface area contributed by atoms with E-state index in [1.54, 1.807) is 12.1 Å². The van der Waals surface area contributed by atoms with Crippen molar-refractivity contribution in [2.75, 3.05) is 6.61 Å². The smallest absolute Gasteiger partial charge is 0.310 e. The number of aromatic hydroxyl groups is 1. The van der Waals surface area contributed by atoms with Gasteiger partial charge in [0.2, 0.25) is 0 Å². The van der Waals surface area contributed by atoms with Crippen molar-refractivity contribution in [2.24, 2.45) is 0 Å². The third-order valence-electron chi connectivity index (χ3n) is 6.31. The molecule has 1 aliphatic rings. The molecule has 0 fully saturated rings. The van der Waals surface area contributed by atoms with Gasteiger partial charge in [0.25, 0.3) is 0 Å². The molecule has 0 radical (unpaired) electrons. The van der Waals surface area contributed by atoms with E-state index >= 15 is 0 Å². The van der Waals surface area contributed by atoms with Gasteiger partial charge in [-0.2, -0.15) is 0 Å². The van der Waals surface area contributed by atoms with Crippen LogP contribution in [-0.2, 0) is 22.6 Å². The highest BCUT2D eigenvalue weighted by atomic mass is 16.5. The molecular weight excluding hydrogens is 424 g/mol. The Hall–Kier alpha value is -4.05. The van der Waals surface area contributed by atoms with Gasteiger partial charge in [-0.05, 0) is 28.3 Å². The highest BCUT2D eigenvalue weighted by Gasteiger charge is 2.33. The highest BCUT2D eigenvalue weighted by molar-refractivity contribution is 5.72. The van der Waals surface area contributed by atoms with Gasteiger partial charge in [-0.15, -0.1) is 0 Å². The van der Waals surface area contributed by atoms with Gasteiger partial charge >= 0.3 is 5.97 Å². The number of phenols is 1. The summed E-state index contributed by atoms with van der Waals surface area (Å²) in [6, 6.07) is 33.5. The van der Waals surface area contributed by atoms with Gasteiger partial charge in [0, 0.05) is 23.5 Å². The lowest BCUT2D eigenvalue weighted by Gasteiger charge is -2.34. The Bertz CT molecular complexity index is 1250. The second kappa shape index (κ2) is 9.84. The number of carbonyl (C=O) groups is 1. The molecule has 1 unspecified atom stereocenters. The van der Waals surface area contributed by atoms with Gasteiger partial charge in [-0.25, -0.2) is 0 Å². The summed E-state index contributed by atoms with van der Waals surface area (Å²) in [7, 11) is 0. The largest absolute Gasteiger partial charge is 0.508 e. The maximum absolute atomic E-state index is 12.3. The molecular formula is C30H26O4. The zero-order chi connectivity index (χ0) is 23.3. The molecule has 2 atom stereocenters. The average Bonchev–Trinajstić information content (AvgIpc) is 2.88. The number of ether oxygens (including phenoxy) is 2. The average molecular weight is 451 g/mol. The minimum Gasteiger partial charge on any atom is -0.508 e. The summed E-state index contributed by atoms with van der Waals surface area (Å²) >= 11 is 0. The van der Waals surface area contributed by atoms with Crippen LogP contribution in [0.15, 0.2) is 103 Å². The molecule has 0 bridgehead atoms. The molecule has 1 N–H and O–H groups in total. The fourth-order valence-corrected chi connectivity index (χ4v) is 4.60. The summed E-state index contributed by atoms with van der Waals surface area (Å²) in [5.74, 6) is 0.877. The van der Waals surface area contributed by atoms with Crippen LogP contribution < -0.4 is 4.74 Å². The van der Waals surface area contributed by atoms with Crippen LogP contribution in [0.3, 0.4) is 0 Å². The lowest BCUT2D eigenvalue weighted by Crippen LogP contribution is -2.25. The van der Waals surface area contributed by atoms with Crippen molar-refractivity contribution in [3.8, 4) is 11.5 Å². The van der Waals surface area contributed by atoms with E-state index in [-0.39, 0.29) is 36.6 Å². The number of rotatable bonds is 6.